The lowest BCUT2D eigenvalue weighted by molar-refractivity contribution is -0.133. The van der Waals surface area contributed by atoms with E-state index in [9.17, 15) is 13.2 Å². The molecule has 1 saturated heterocycles. The van der Waals surface area contributed by atoms with E-state index >= 15 is 0 Å². The van der Waals surface area contributed by atoms with E-state index in [1.54, 1.807) is 7.11 Å². The van der Waals surface area contributed by atoms with Gasteiger partial charge in [0.15, 0.2) is 17.7 Å². The van der Waals surface area contributed by atoms with Crippen molar-refractivity contribution < 1.29 is 26.9 Å². The molecule has 0 radical (unpaired) electrons. The predicted molar refractivity (Wildman–Crippen MR) is 88.6 cm³/mol. The van der Waals surface area contributed by atoms with Gasteiger partial charge in [-0.15, -0.1) is 0 Å². The third kappa shape index (κ3) is 4.39. The van der Waals surface area contributed by atoms with Crippen molar-refractivity contribution in [2.24, 2.45) is 0 Å². The normalized spacial score (nSPS) is 20.9. The van der Waals surface area contributed by atoms with Gasteiger partial charge in [0, 0.05) is 25.8 Å². The van der Waals surface area contributed by atoms with Gasteiger partial charge in [-0.3, -0.25) is 4.79 Å². The van der Waals surface area contributed by atoms with Crippen LogP contribution in [0, 0.1) is 0 Å². The second kappa shape index (κ2) is 7.40. The summed E-state index contributed by atoms with van der Waals surface area (Å²) in [7, 11) is -2.08. The Labute approximate surface area is 142 Å². The zero-order valence-electron chi connectivity index (χ0n) is 14.3. The number of rotatable bonds is 6. The molecule has 8 heteroatoms. The molecule has 1 aromatic carbocycles. The summed E-state index contributed by atoms with van der Waals surface area (Å²) in [6.45, 7) is 4.19. The number of ether oxygens (including phenoxy) is 2. The lowest BCUT2D eigenvalue weighted by Crippen LogP contribution is -2.36. The van der Waals surface area contributed by atoms with Gasteiger partial charge in [0.1, 0.15) is 0 Å². The van der Waals surface area contributed by atoms with Crippen molar-refractivity contribution in [1.29, 1.82) is 0 Å². The first-order valence-electron chi connectivity index (χ1n) is 7.71. The summed E-state index contributed by atoms with van der Waals surface area (Å²) in [5.74, 6) is 1.00. The fourth-order valence-corrected chi connectivity index (χ4v) is 3.47. The molecule has 0 aliphatic carbocycles. The molecule has 0 N–H and O–H groups in total. The van der Waals surface area contributed by atoms with Crippen molar-refractivity contribution in [3.05, 3.63) is 23.8 Å². The zero-order valence-corrected chi connectivity index (χ0v) is 15.1. The largest absolute Gasteiger partial charge is 0.493 e. The molecule has 1 heterocycles. The second-order valence-corrected chi connectivity index (χ2v) is 7.30. The van der Waals surface area contributed by atoms with E-state index in [0.717, 1.165) is 11.8 Å². The Morgan fingerprint density at radius 3 is 2.58 bits per heavy atom. The molecule has 1 amide bonds. The Morgan fingerprint density at radius 2 is 2.04 bits per heavy atom. The highest BCUT2D eigenvalue weighted by Crippen LogP contribution is 2.37. The molecule has 0 aromatic heterocycles. The minimum Gasteiger partial charge on any atom is -0.493 e. The first-order valence-corrected chi connectivity index (χ1v) is 9.53. The third-order valence-electron chi connectivity index (χ3n) is 3.90. The highest BCUT2D eigenvalue weighted by Gasteiger charge is 2.37. The third-order valence-corrected chi connectivity index (χ3v) is 4.47. The number of methoxy groups -OCH3 is 1. The smallest absolute Gasteiger partial charge is 0.266 e. The SMILES string of the molecule is CCOc1cc([C@@H]2C[C@@H](OS(C)(=O)=O)N(C(C)=O)C2)ccc1OC. The molecular formula is C16H23NO6S. The summed E-state index contributed by atoms with van der Waals surface area (Å²) >= 11 is 0. The molecule has 0 spiro atoms. The fourth-order valence-electron chi connectivity index (χ4n) is 2.88. The van der Waals surface area contributed by atoms with Gasteiger partial charge >= 0.3 is 0 Å². The van der Waals surface area contributed by atoms with Crippen LogP contribution in [0.5, 0.6) is 11.5 Å². The number of nitrogens with zero attached hydrogens (tertiary/aromatic N) is 1. The van der Waals surface area contributed by atoms with Crippen LogP contribution in [0.15, 0.2) is 18.2 Å². The minimum atomic E-state index is -3.65. The zero-order chi connectivity index (χ0) is 17.9. The van der Waals surface area contributed by atoms with Gasteiger partial charge in [-0.1, -0.05) is 6.07 Å². The van der Waals surface area contributed by atoms with Gasteiger partial charge in [0.05, 0.1) is 20.0 Å². The van der Waals surface area contributed by atoms with Crippen LogP contribution in [0.25, 0.3) is 0 Å². The Hall–Kier alpha value is -1.80. The number of hydrogen-bond donors (Lipinski definition) is 0. The molecule has 24 heavy (non-hydrogen) atoms. The van der Waals surface area contributed by atoms with Gasteiger partial charge in [0.2, 0.25) is 5.91 Å². The molecular weight excluding hydrogens is 334 g/mol. The molecule has 7 nitrogen and oxygen atoms in total. The highest BCUT2D eigenvalue weighted by molar-refractivity contribution is 7.86. The van der Waals surface area contributed by atoms with Crippen molar-refractivity contribution >= 4 is 16.0 Å². The van der Waals surface area contributed by atoms with Crippen molar-refractivity contribution in [3.8, 4) is 11.5 Å². The standard InChI is InChI=1S/C16H23NO6S/c1-5-22-15-8-12(6-7-14(15)21-3)13-9-16(23-24(4,19)20)17(10-13)11(2)18/h6-8,13,16H,5,9-10H2,1-4H3/t13-,16-/m1/s1. The average molecular weight is 357 g/mol. The molecule has 1 fully saturated rings. The van der Waals surface area contributed by atoms with E-state index in [1.165, 1.54) is 11.8 Å². The van der Waals surface area contributed by atoms with Crippen LogP contribution in [-0.2, 0) is 19.1 Å². The van der Waals surface area contributed by atoms with Crippen molar-refractivity contribution in [2.75, 3.05) is 26.5 Å². The first kappa shape index (κ1) is 18.5. The van der Waals surface area contributed by atoms with Gasteiger partial charge < -0.3 is 14.4 Å². The lowest BCUT2D eigenvalue weighted by Gasteiger charge is -2.21. The average Bonchev–Trinajstić information content (AvgIpc) is 2.89. The molecule has 1 aromatic rings. The van der Waals surface area contributed by atoms with Gasteiger partial charge in [-0.05, 0) is 24.6 Å². The molecule has 134 valence electrons. The van der Waals surface area contributed by atoms with E-state index < -0.39 is 16.3 Å². The van der Waals surface area contributed by atoms with Crippen molar-refractivity contribution in [2.45, 2.75) is 32.4 Å². The number of hydrogen-bond acceptors (Lipinski definition) is 6. The molecule has 1 aliphatic heterocycles. The lowest BCUT2D eigenvalue weighted by atomic mass is 9.97. The van der Waals surface area contributed by atoms with Crippen molar-refractivity contribution in [1.82, 2.24) is 4.90 Å². The van der Waals surface area contributed by atoms with Crippen LogP contribution in [0.1, 0.15) is 31.7 Å². The molecule has 0 saturated carbocycles. The quantitative estimate of drug-likeness (QED) is 0.721. The molecule has 2 atom stereocenters. The summed E-state index contributed by atoms with van der Waals surface area (Å²) in [5, 5.41) is 0. The maximum atomic E-state index is 11.8. The second-order valence-electron chi connectivity index (χ2n) is 5.70. The fraction of sp³-hybridized carbons (Fsp3) is 0.562. The summed E-state index contributed by atoms with van der Waals surface area (Å²) in [4.78, 5) is 13.2. The van der Waals surface area contributed by atoms with E-state index in [-0.39, 0.29) is 11.8 Å². The Bertz CT molecular complexity index is 703. The number of benzene rings is 1. The number of amides is 1. The summed E-state index contributed by atoms with van der Waals surface area (Å²) < 4.78 is 38.8. The minimum absolute atomic E-state index is 0.0363. The van der Waals surface area contributed by atoms with Crippen LogP contribution in [0.4, 0.5) is 0 Å². The van der Waals surface area contributed by atoms with Gasteiger partial charge in [-0.25, -0.2) is 4.18 Å². The van der Waals surface area contributed by atoms with Crippen LogP contribution in [0.3, 0.4) is 0 Å². The van der Waals surface area contributed by atoms with E-state index in [4.69, 9.17) is 13.7 Å². The number of likely N-dealkylation sites (tertiary alicyclic amines) is 1. The molecule has 2 rings (SSSR count). The highest BCUT2D eigenvalue weighted by atomic mass is 32.2. The molecule has 0 bridgehead atoms. The first-order chi connectivity index (χ1) is 11.2. The van der Waals surface area contributed by atoms with Crippen LogP contribution in [0.2, 0.25) is 0 Å². The maximum Gasteiger partial charge on any atom is 0.266 e. The maximum absolute atomic E-state index is 11.8. The molecule has 1 aliphatic rings. The predicted octanol–water partition coefficient (Wildman–Crippen LogP) is 1.73. The molecule has 0 unspecified atom stereocenters. The number of carbonyl (C=O) groups excluding carboxylic acids is 1. The van der Waals surface area contributed by atoms with Crippen LogP contribution >= 0.6 is 0 Å². The van der Waals surface area contributed by atoms with E-state index in [1.807, 2.05) is 25.1 Å². The monoisotopic (exact) mass is 357 g/mol. The summed E-state index contributed by atoms with van der Waals surface area (Å²) in [5.41, 5.74) is 0.949. The number of carbonyl (C=O) groups is 1. The van der Waals surface area contributed by atoms with Gasteiger partial charge in [-0.2, -0.15) is 8.42 Å². The van der Waals surface area contributed by atoms with E-state index in [0.29, 0.717) is 31.1 Å². The summed E-state index contributed by atoms with van der Waals surface area (Å²) in [6.07, 6.45) is 0.615. The Kier molecular flexibility index (Phi) is 5.71. The van der Waals surface area contributed by atoms with Crippen LogP contribution in [-0.4, -0.2) is 52.0 Å². The van der Waals surface area contributed by atoms with E-state index in [2.05, 4.69) is 0 Å². The van der Waals surface area contributed by atoms with Crippen molar-refractivity contribution in [3.63, 3.8) is 0 Å². The van der Waals surface area contributed by atoms with Gasteiger partial charge in [0.25, 0.3) is 10.1 Å². The topological polar surface area (TPSA) is 82.1 Å². The summed E-state index contributed by atoms with van der Waals surface area (Å²) in [6, 6.07) is 5.57. The Morgan fingerprint density at radius 1 is 1.33 bits per heavy atom. The van der Waals surface area contributed by atoms with Crippen LogP contribution < -0.4 is 9.47 Å². The Balaban J connectivity index is 2.26.